The molecule has 7 rings (SSSR count). The minimum Gasteiger partial charge on any atom is -0.480 e. The van der Waals surface area contributed by atoms with E-state index in [9.17, 15) is 72.5 Å². The number of aromatic amines is 1. The number of hydrogen-bond donors (Lipinski definition) is 16. The minimum atomic E-state index is -1.77. The Morgan fingerprint density at radius 1 is 0.627 bits per heavy atom. The Bertz CT molecular complexity index is 3400. The number of aliphatic hydroxyl groups excluding tert-OH is 1. The third-order valence-electron chi connectivity index (χ3n) is 17.6. The third-order valence-corrected chi connectivity index (χ3v) is 20.9. The van der Waals surface area contributed by atoms with Crippen molar-refractivity contribution in [3.63, 3.8) is 0 Å². The maximum Gasteiger partial charge on any atom is 0.322 e. The highest BCUT2D eigenvalue weighted by molar-refractivity contribution is 7.99. The zero-order valence-electron chi connectivity index (χ0n) is 57.2. The van der Waals surface area contributed by atoms with Crippen LogP contribution < -0.4 is 70.8 Å². The van der Waals surface area contributed by atoms with Crippen LogP contribution in [0.2, 0.25) is 0 Å². The Hall–Kier alpha value is -8.75. The number of H-pyrrole nitrogens is 1. The molecule has 560 valence electrons. The molecule has 20 N–H and O–H groups in total. The number of rotatable bonds is 17. The molecule has 5 aliphatic rings. The Balaban J connectivity index is 1.33. The summed E-state index contributed by atoms with van der Waals surface area (Å²) in [7, 11) is 0. The SMILES string of the molecule is CC(C)C[C@@H]1NC(=O)[C@H](CCC(N)=O)NC(=O)[C@@H]2CCCN2C(=O)[C@@H]2CSCc3cc(cc(c3)CSC[C@@H](C(=O)NCC(=O)O)NC(=O)[C@@H]3CCCN3C(=O)[C@@H]3CCCN3C1=O)CSC[C@H](NC(=O)[C@H](C)N)C(=O)N[C@@H](Cc1cnc[nH]1)C(=O)N[C@@H](CO)C(=O)N[C@@H](CCCN=C(N)N)C(=O)N2. The molecule has 1 aromatic carbocycles. The number of aliphatic imine (C=N–C) groups is 1. The number of benzene rings is 1. The number of aromatic nitrogens is 2. The molecule has 0 radical (unpaired) electrons. The standard InChI is InChI=1S/C64H95N19O16S3/c1-33(2)18-42-61(97)83-17-7-11-49(83)63(99)82-16-6-10-48(82)60(96)79-44(53(89)71-24-51(86)87)29-100-26-35-19-36-21-37(20-35)28-102-31-46(62(98)81-15-5-9-47(81)59(95)74-40(55(91)76-42)12-13-50(66)85)80-54(90)39(8-4-14-70-64(67)68)73-57(93)43(25-84)77-56(92)41(22-38-23-69-32-72-38)75-58(94)45(30-101-27-36)78-52(88)34(3)65/h19-21,23,32-34,39-49,84H,4-18,22,24-31,65H2,1-3H3,(H2,66,85)(H,69,72)(H,71,89)(H,73,93)(H,74,95)(H,75,94)(H,76,91)(H,77,92)(H,78,88)(H,79,96)(H,80,90)(H,86,87)(H4,67,68,70)/t34-,39-,40-,41-,42-,43-,44-,45-,46-,47-,48-,49-/m0/s1. The van der Waals surface area contributed by atoms with E-state index in [-0.39, 0.29) is 130 Å². The maximum atomic E-state index is 15.4. The molecule has 0 aliphatic carbocycles. The number of nitrogens with one attached hydrogen (secondary N) is 10. The van der Waals surface area contributed by atoms with Crippen LogP contribution in [-0.4, -0.2) is 253 Å². The van der Waals surface area contributed by atoms with Gasteiger partial charge in [-0.15, -0.1) is 0 Å². The van der Waals surface area contributed by atoms with Crippen LogP contribution in [0.15, 0.2) is 35.7 Å². The van der Waals surface area contributed by atoms with E-state index in [1.165, 1.54) is 69.4 Å². The van der Waals surface area contributed by atoms with Gasteiger partial charge in [0.2, 0.25) is 76.8 Å². The zero-order valence-corrected chi connectivity index (χ0v) is 59.7. The van der Waals surface area contributed by atoms with Crippen LogP contribution in [-0.2, 0) is 90.8 Å². The van der Waals surface area contributed by atoms with Gasteiger partial charge in [-0.25, -0.2) is 4.98 Å². The van der Waals surface area contributed by atoms with Gasteiger partial charge in [-0.1, -0.05) is 32.0 Å². The van der Waals surface area contributed by atoms with E-state index >= 15 is 4.79 Å². The Kier molecular flexibility index (Phi) is 30.8. The summed E-state index contributed by atoms with van der Waals surface area (Å²) in [6.07, 6.45) is 3.10. The first kappa shape index (κ1) is 80.6. The Morgan fingerprint density at radius 2 is 1.15 bits per heavy atom. The fourth-order valence-corrected chi connectivity index (χ4v) is 15.5. The van der Waals surface area contributed by atoms with Crippen molar-refractivity contribution in [2.24, 2.45) is 33.8 Å². The van der Waals surface area contributed by atoms with Gasteiger partial charge in [0.1, 0.15) is 73.0 Å². The molecule has 0 saturated carbocycles. The largest absolute Gasteiger partial charge is 0.480 e. The van der Waals surface area contributed by atoms with E-state index in [1.807, 2.05) is 32.0 Å². The summed E-state index contributed by atoms with van der Waals surface area (Å²) in [4.78, 5) is 213. The van der Waals surface area contributed by atoms with Crippen LogP contribution in [0.3, 0.4) is 0 Å². The monoisotopic (exact) mass is 1480 g/mol. The fraction of sp³-hybridized carbons (Fsp3) is 0.625. The van der Waals surface area contributed by atoms with Crippen molar-refractivity contribution < 1.29 is 77.3 Å². The minimum absolute atomic E-state index is 0.0222. The van der Waals surface area contributed by atoms with Gasteiger partial charge >= 0.3 is 5.97 Å². The van der Waals surface area contributed by atoms with Crippen molar-refractivity contribution >= 4 is 124 Å². The van der Waals surface area contributed by atoms with Crippen LogP contribution in [0.25, 0.3) is 0 Å². The van der Waals surface area contributed by atoms with E-state index in [0.717, 1.165) is 0 Å². The highest BCUT2D eigenvalue weighted by Crippen LogP contribution is 2.29. The first-order valence-corrected chi connectivity index (χ1v) is 37.4. The fourth-order valence-electron chi connectivity index (χ4n) is 12.5. The second-order valence-electron chi connectivity index (χ2n) is 26.2. The number of carboxylic acid groups (broad SMARTS) is 1. The lowest BCUT2D eigenvalue weighted by atomic mass is 10.0. The lowest BCUT2D eigenvalue weighted by Gasteiger charge is -2.34. The number of aliphatic carboxylic acids is 1. The number of hydrogen-bond acceptors (Lipinski definition) is 21. The van der Waals surface area contributed by atoms with Gasteiger partial charge in [-0.3, -0.25) is 72.1 Å². The summed E-state index contributed by atoms with van der Waals surface area (Å²) >= 11 is 3.59. The molecule has 12 atom stereocenters. The van der Waals surface area contributed by atoms with Crippen molar-refractivity contribution in [1.82, 2.24) is 72.5 Å². The van der Waals surface area contributed by atoms with Crippen molar-refractivity contribution in [1.29, 1.82) is 0 Å². The van der Waals surface area contributed by atoms with Crippen molar-refractivity contribution in [3.8, 4) is 0 Å². The lowest BCUT2D eigenvalue weighted by molar-refractivity contribution is -0.148. The molecule has 38 heteroatoms. The first-order chi connectivity index (χ1) is 48.6. The molecular formula is C64H95N19O16S3. The van der Waals surface area contributed by atoms with E-state index in [0.29, 0.717) is 35.2 Å². The van der Waals surface area contributed by atoms with Gasteiger partial charge < -0.3 is 101 Å². The van der Waals surface area contributed by atoms with E-state index < -0.39 is 175 Å². The number of aliphatic hydroxyl groups is 1. The molecule has 2 aromatic rings. The summed E-state index contributed by atoms with van der Waals surface area (Å²) in [6.45, 7) is 3.37. The molecule has 3 saturated heterocycles. The summed E-state index contributed by atoms with van der Waals surface area (Å²) < 4.78 is 0. The number of carbonyl (C=O) groups excluding carboxylic acids is 13. The molecule has 6 heterocycles. The van der Waals surface area contributed by atoms with E-state index in [1.54, 1.807) is 0 Å². The smallest absolute Gasteiger partial charge is 0.322 e. The van der Waals surface area contributed by atoms with Crippen LogP contribution >= 0.6 is 35.3 Å². The highest BCUT2D eigenvalue weighted by Gasteiger charge is 2.46. The summed E-state index contributed by atoms with van der Waals surface area (Å²) in [5.74, 6) is -12.3. The summed E-state index contributed by atoms with van der Waals surface area (Å²) in [5, 5.41) is 44.0. The molecule has 1 aromatic heterocycles. The normalized spacial score (nSPS) is 26.3. The number of imidazole rings is 1. The quantitative estimate of drug-likeness (QED) is 0.0401. The number of primary amides is 1. The topological polar surface area (TPSA) is 543 Å². The summed E-state index contributed by atoms with van der Waals surface area (Å²) in [6, 6.07) is -10.8. The average Bonchev–Trinajstić information content (AvgIpc) is 1.63. The molecule has 13 amide bonds. The number of carboxylic acids is 1. The number of fused-ring (bicyclic) bond motifs is 8. The zero-order chi connectivity index (χ0) is 74.3. The molecule has 0 spiro atoms. The number of nitrogens with two attached hydrogens (primary N) is 4. The lowest BCUT2D eigenvalue weighted by Crippen LogP contribution is -2.61. The number of thioether (sulfide) groups is 3. The average molecular weight is 1480 g/mol. The molecule has 3 fully saturated rings. The molecule has 102 heavy (non-hydrogen) atoms. The predicted molar refractivity (Wildman–Crippen MR) is 376 cm³/mol. The first-order valence-electron chi connectivity index (χ1n) is 34.0. The Morgan fingerprint density at radius 3 is 1.73 bits per heavy atom. The van der Waals surface area contributed by atoms with Crippen LogP contribution in [0.5, 0.6) is 0 Å². The van der Waals surface area contributed by atoms with Gasteiger partial charge in [0.15, 0.2) is 5.96 Å². The van der Waals surface area contributed by atoms with Crippen molar-refractivity contribution in [2.45, 2.75) is 188 Å². The van der Waals surface area contributed by atoms with Crippen LogP contribution in [0.1, 0.15) is 114 Å². The number of carbonyl (C=O) groups is 14. The molecule has 4 bridgehead atoms. The highest BCUT2D eigenvalue weighted by atomic mass is 32.2. The second-order valence-corrected chi connectivity index (χ2v) is 29.3. The van der Waals surface area contributed by atoms with Gasteiger partial charge in [-0.2, -0.15) is 35.3 Å². The van der Waals surface area contributed by atoms with Gasteiger partial charge in [0.05, 0.1) is 19.0 Å². The molecule has 5 aliphatic heterocycles. The van der Waals surface area contributed by atoms with Gasteiger partial charge in [-0.05, 0) is 93.7 Å². The maximum absolute atomic E-state index is 15.4. The van der Waals surface area contributed by atoms with E-state index in [2.05, 4.69) is 62.8 Å². The number of nitrogens with zero attached hydrogens (tertiary/aromatic N) is 5. The van der Waals surface area contributed by atoms with Crippen molar-refractivity contribution in [2.75, 3.05) is 56.6 Å². The third kappa shape index (κ3) is 23.7. The number of guanidine groups is 1. The molecule has 0 unspecified atom stereocenters. The molecule has 35 nitrogen and oxygen atoms in total. The molecular weight excluding hydrogens is 1390 g/mol. The van der Waals surface area contributed by atoms with Crippen LogP contribution in [0, 0.1) is 5.92 Å². The second kappa shape index (κ2) is 39.1. The number of amides is 13. The van der Waals surface area contributed by atoms with Gasteiger partial charge in [0, 0.05) is 85.4 Å². The van der Waals surface area contributed by atoms with Gasteiger partial charge in [0.25, 0.3) is 0 Å². The summed E-state index contributed by atoms with van der Waals surface area (Å²) in [5.41, 5.74) is 25.1. The Labute approximate surface area is 602 Å². The van der Waals surface area contributed by atoms with Crippen molar-refractivity contribution in [3.05, 3.63) is 53.1 Å². The predicted octanol–water partition coefficient (Wildman–Crippen LogP) is -4.86. The van der Waals surface area contributed by atoms with E-state index in [4.69, 9.17) is 22.9 Å². The van der Waals surface area contributed by atoms with Crippen LogP contribution in [0.4, 0.5) is 0 Å².